The topological polar surface area (TPSA) is 17.1 Å². The van der Waals surface area contributed by atoms with Gasteiger partial charge in [-0.05, 0) is 20.3 Å². The van der Waals surface area contributed by atoms with Crippen molar-refractivity contribution in [1.82, 2.24) is 0 Å². The highest BCUT2D eigenvalue weighted by atomic mass is 19.1. The van der Waals surface area contributed by atoms with E-state index in [0.717, 1.165) is 0 Å². The smallest absolute Gasteiger partial charge is 0.188 e. The molecule has 0 aromatic rings. The Labute approximate surface area is 60.6 Å². The van der Waals surface area contributed by atoms with Crippen LogP contribution in [0.4, 0.5) is 4.39 Å². The second kappa shape index (κ2) is 1.97. The van der Waals surface area contributed by atoms with Crippen LogP contribution in [0.25, 0.3) is 0 Å². The molecule has 2 heteroatoms. The molecule has 1 rings (SSSR count). The summed E-state index contributed by atoms with van der Waals surface area (Å²) >= 11 is 0. The van der Waals surface area contributed by atoms with Crippen LogP contribution >= 0.6 is 0 Å². The molecule has 1 aliphatic carbocycles. The Morgan fingerprint density at radius 1 is 1.70 bits per heavy atom. The maximum Gasteiger partial charge on any atom is 0.188 e. The van der Waals surface area contributed by atoms with Crippen molar-refractivity contribution in [2.24, 2.45) is 11.3 Å². The van der Waals surface area contributed by atoms with Crippen LogP contribution in [0.5, 0.6) is 0 Å². The summed E-state index contributed by atoms with van der Waals surface area (Å²) in [6, 6.07) is 0. The fourth-order valence-electron chi connectivity index (χ4n) is 0.937. The minimum atomic E-state index is -0.881. The molecule has 10 heavy (non-hydrogen) atoms. The highest BCUT2D eigenvalue weighted by Crippen LogP contribution is 2.39. The van der Waals surface area contributed by atoms with Gasteiger partial charge in [-0.3, -0.25) is 4.79 Å². The third kappa shape index (κ3) is 1.31. The average molecular weight is 143 g/mol. The SMILES string of the molecule is [CH2+]C(C)(C)C(=O)C1C[C@H]1F. The Bertz CT molecular complexity index is 157. The van der Waals surface area contributed by atoms with E-state index in [1.807, 2.05) is 0 Å². The highest BCUT2D eigenvalue weighted by molar-refractivity contribution is 5.89. The monoisotopic (exact) mass is 143 g/mol. The van der Waals surface area contributed by atoms with Crippen LogP contribution < -0.4 is 0 Å². The lowest BCUT2D eigenvalue weighted by Gasteiger charge is -2.07. The number of carbonyl (C=O) groups is 1. The highest BCUT2D eigenvalue weighted by Gasteiger charge is 2.49. The van der Waals surface area contributed by atoms with E-state index in [2.05, 4.69) is 6.92 Å². The Balaban J connectivity index is 2.51. The zero-order valence-corrected chi connectivity index (χ0v) is 6.36. The van der Waals surface area contributed by atoms with E-state index < -0.39 is 11.6 Å². The molecule has 56 valence electrons. The summed E-state index contributed by atoms with van der Waals surface area (Å²) < 4.78 is 12.3. The van der Waals surface area contributed by atoms with Crippen LogP contribution in [0.1, 0.15) is 20.3 Å². The molecule has 0 saturated heterocycles. The number of hydrogen-bond donors (Lipinski definition) is 0. The van der Waals surface area contributed by atoms with Gasteiger partial charge in [0.2, 0.25) is 0 Å². The maximum absolute atomic E-state index is 12.3. The second-order valence-corrected chi connectivity index (χ2v) is 3.61. The van der Waals surface area contributed by atoms with Crippen molar-refractivity contribution >= 4 is 5.78 Å². The molecule has 0 spiro atoms. The first-order valence-electron chi connectivity index (χ1n) is 3.46. The minimum absolute atomic E-state index is 0.0417. The van der Waals surface area contributed by atoms with Gasteiger partial charge in [-0.25, -0.2) is 4.39 Å². The van der Waals surface area contributed by atoms with Gasteiger partial charge in [0.05, 0.1) is 12.8 Å². The van der Waals surface area contributed by atoms with Crippen LogP contribution in [-0.2, 0) is 4.79 Å². The van der Waals surface area contributed by atoms with E-state index in [1.165, 1.54) is 0 Å². The summed E-state index contributed by atoms with van der Waals surface area (Å²) in [6.45, 7) is 7.10. The van der Waals surface area contributed by atoms with Crippen molar-refractivity contribution in [2.75, 3.05) is 0 Å². The molecule has 1 aliphatic rings. The van der Waals surface area contributed by atoms with Gasteiger partial charge in [0, 0.05) is 0 Å². The molecule has 1 unspecified atom stereocenters. The van der Waals surface area contributed by atoms with E-state index >= 15 is 0 Å². The molecule has 0 amide bonds. The summed E-state index contributed by atoms with van der Waals surface area (Å²) in [6.07, 6.45) is -0.467. The molecule has 0 heterocycles. The Kier molecular flexibility index (Phi) is 1.50. The van der Waals surface area contributed by atoms with Crippen LogP contribution in [0, 0.1) is 18.3 Å². The number of ketones is 1. The molecule has 0 N–H and O–H groups in total. The van der Waals surface area contributed by atoms with Gasteiger partial charge in [0.15, 0.2) is 11.2 Å². The van der Waals surface area contributed by atoms with Crippen molar-refractivity contribution in [3.8, 4) is 0 Å². The number of carbonyl (C=O) groups excluding carboxylic acids is 1. The minimum Gasteiger partial charge on any atom is -0.294 e. The predicted molar refractivity (Wildman–Crippen MR) is 37.1 cm³/mol. The van der Waals surface area contributed by atoms with E-state index in [4.69, 9.17) is 0 Å². The van der Waals surface area contributed by atoms with Gasteiger partial charge >= 0.3 is 0 Å². The van der Waals surface area contributed by atoms with E-state index in [9.17, 15) is 9.18 Å². The second-order valence-electron chi connectivity index (χ2n) is 3.61. The standard InChI is InChI=1S/C8H12FO/c1-8(2,3)7(10)5-4-6(5)9/h5-6H,1,4H2,2-3H3/q+1/t5?,6-/m1/s1. The molecule has 1 saturated carbocycles. The molecule has 1 fully saturated rings. The zero-order chi connectivity index (χ0) is 7.94. The van der Waals surface area contributed by atoms with Gasteiger partial charge in [-0.2, -0.15) is 0 Å². The van der Waals surface area contributed by atoms with Gasteiger partial charge in [-0.1, -0.05) is 0 Å². The maximum atomic E-state index is 12.3. The lowest BCUT2D eigenvalue weighted by Crippen LogP contribution is -2.22. The number of alkyl halides is 1. The molecular weight excluding hydrogens is 131 g/mol. The van der Waals surface area contributed by atoms with E-state index in [-0.39, 0.29) is 11.7 Å². The Hall–Kier alpha value is -0.530. The third-order valence-electron chi connectivity index (χ3n) is 1.72. The van der Waals surface area contributed by atoms with Gasteiger partial charge < -0.3 is 0 Å². The average Bonchev–Trinajstić information content (AvgIpc) is 2.42. The van der Waals surface area contributed by atoms with E-state index in [0.29, 0.717) is 6.42 Å². The van der Waals surface area contributed by atoms with E-state index in [1.54, 1.807) is 13.8 Å². The summed E-state index contributed by atoms with van der Waals surface area (Å²) in [4.78, 5) is 11.1. The fourth-order valence-corrected chi connectivity index (χ4v) is 0.937. The third-order valence-corrected chi connectivity index (χ3v) is 1.72. The Morgan fingerprint density at radius 3 is 2.20 bits per heavy atom. The van der Waals surface area contributed by atoms with Crippen molar-refractivity contribution in [2.45, 2.75) is 26.4 Å². The Morgan fingerprint density at radius 2 is 2.10 bits per heavy atom. The lowest BCUT2D eigenvalue weighted by molar-refractivity contribution is -0.126. The first kappa shape index (κ1) is 7.58. The number of halogens is 1. The van der Waals surface area contributed by atoms with Crippen LogP contribution in [-0.4, -0.2) is 12.0 Å². The number of rotatable bonds is 2. The lowest BCUT2D eigenvalue weighted by atomic mass is 9.88. The normalized spacial score (nSPS) is 31.9. The van der Waals surface area contributed by atoms with Gasteiger partial charge in [0.25, 0.3) is 0 Å². The first-order valence-corrected chi connectivity index (χ1v) is 3.46. The van der Waals surface area contributed by atoms with Gasteiger partial charge in [-0.15, -0.1) is 0 Å². The molecule has 1 nitrogen and oxygen atoms in total. The summed E-state index contributed by atoms with van der Waals surface area (Å²) in [5.74, 6) is -0.382. The molecule has 2 atom stereocenters. The summed E-state index contributed by atoms with van der Waals surface area (Å²) in [5, 5.41) is 0. The molecular formula is C8H12FO+. The van der Waals surface area contributed by atoms with Crippen LogP contribution in [0.3, 0.4) is 0 Å². The first-order chi connectivity index (χ1) is 4.43. The van der Waals surface area contributed by atoms with Crippen molar-refractivity contribution in [3.63, 3.8) is 0 Å². The van der Waals surface area contributed by atoms with Gasteiger partial charge in [0.1, 0.15) is 6.17 Å². The molecule has 0 aromatic carbocycles. The summed E-state index contributed by atoms with van der Waals surface area (Å²) in [7, 11) is 0. The summed E-state index contributed by atoms with van der Waals surface area (Å²) in [5.41, 5.74) is -0.606. The van der Waals surface area contributed by atoms with Crippen LogP contribution in [0.2, 0.25) is 0 Å². The largest absolute Gasteiger partial charge is 0.294 e. The van der Waals surface area contributed by atoms with Crippen molar-refractivity contribution in [3.05, 3.63) is 6.92 Å². The predicted octanol–water partition coefficient (Wildman–Crippen LogP) is 1.77. The fraction of sp³-hybridized carbons (Fsp3) is 0.750. The zero-order valence-electron chi connectivity index (χ0n) is 6.36. The number of Topliss-reactive ketones (excluding diaryl/α,β-unsaturated/α-hetero) is 1. The molecule has 0 aromatic heterocycles. The van der Waals surface area contributed by atoms with Crippen LogP contribution in [0.15, 0.2) is 0 Å². The molecule has 0 bridgehead atoms. The van der Waals surface area contributed by atoms with Crippen molar-refractivity contribution in [1.29, 1.82) is 0 Å². The van der Waals surface area contributed by atoms with Crippen molar-refractivity contribution < 1.29 is 9.18 Å². The molecule has 0 radical (unpaired) electrons. The molecule has 0 aliphatic heterocycles. The quantitative estimate of drug-likeness (QED) is 0.538. The number of hydrogen-bond acceptors (Lipinski definition) is 1.